The molecule has 2 saturated heterocycles. The predicted molar refractivity (Wildman–Crippen MR) is 203 cm³/mol. The maximum absolute atomic E-state index is 14.2. The number of likely N-dealkylation sites (N-methyl/N-ethyl adjacent to an activating group) is 1. The van der Waals surface area contributed by atoms with Crippen LogP contribution in [0, 0.1) is 29.1 Å². The Bertz CT molecular complexity index is 1600. The Hall–Kier alpha value is -3.22. The first kappa shape index (κ1) is 38.5. The second kappa shape index (κ2) is 15.6. The highest BCUT2D eigenvalue weighted by atomic mass is 16.7. The van der Waals surface area contributed by atoms with E-state index in [1.165, 1.54) is 6.42 Å². The number of carbonyl (C=O) groups excluding carboxylic acids is 2. The summed E-state index contributed by atoms with van der Waals surface area (Å²) in [5.41, 5.74) is 4.14. The van der Waals surface area contributed by atoms with Gasteiger partial charge in [-0.3, -0.25) is 19.3 Å². The summed E-state index contributed by atoms with van der Waals surface area (Å²) in [6.07, 6.45) is 2.75. The number of likely N-dealkylation sites (tertiary alicyclic amines) is 1. The van der Waals surface area contributed by atoms with E-state index < -0.39 is 24.2 Å². The standard InChI is InChI=1S/C41H61N5O6/c1-9-45-15-11-13-30(45)21-42-39(49)28-16-27(17-31(18-28)44(6)7)32-14-10-12-26(38(32)51-8)22-46-37(36(25(3)48)35(23-47)52-46)40(50)43-34-20-29-19-33(24(34)2)41(29,4)5/h10,12,14,16-18,24-25,29-30,33-37,47-48H,9,11,13,15,19-23H2,1-8H3,(H,42,49)(H,43,50)/t24-,25-,29+,30+,33-,34-,35-,36+,37-/m0/s1. The third kappa shape index (κ3) is 7.31. The van der Waals surface area contributed by atoms with Crippen LogP contribution in [0.3, 0.4) is 0 Å². The molecule has 2 aromatic carbocycles. The van der Waals surface area contributed by atoms with Gasteiger partial charge in [-0.05, 0) is 92.6 Å². The van der Waals surface area contributed by atoms with Crippen LogP contribution in [0.25, 0.3) is 11.1 Å². The summed E-state index contributed by atoms with van der Waals surface area (Å²) in [7, 11) is 5.53. The number of ether oxygens (including phenoxy) is 1. The van der Waals surface area contributed by atoms with Gasteiger partial charge in [0.05, 0.1) is 26.4 Å². The van der Waals surface area contributed by atoms with Crippen molar-refractivity contribution in [2.75, 3.05) is 52.3 Å². The van der Waals surface area contributed by atoms with E-state index in [1.54, 1.807) is 19.1 Å². The SMILES string of the molecule is CCN1CCC[C@@H]1CNC(=O)c1cc(-c2cccc(CN3O[C@@H](CO)[C@@H]([C@H](C)O)[C@H]3C(=O)N[C@H]3C[C@H]4C[C@@H]([C@@H]3C)C4(C)C)c2OC)cc(N(C)C)c1. The first-order valence-electron chi connectivity index (χ1n) is 19.3. The molecule has 2 heterocycles. The lowest BCUT2D eigenvalue weighted by atomic mass is 9.45. The minimum atomic E-state index is -0.890. The second-order valence-electron chi connectivity index (χ2n) is 16.5. The Morgan fingerprint density at radius 3 is 2.58 bits per heavy atom. The predicted octanol–water partition coefficient (Wildman–Crippen LogP) is 4.30. The van der Waals surface area contributed by atoms with Crippen molar-refractivity contribution in [1.29, 1.82) is 0 Å². The number of hydrogen-bond acceptors (Lipinski definition) is 9. The molecule has 2 aliphatic heterocycles. The average Bonchev–Trinajstić information content (AvgIpc) is 3.75. The van der Waals surface area contributed by atoms with E-state index in [-0.39, 0.29) is 36.4 Å². The Morgan fingerprint density at radius 1 is 1.17 bits per heavy atom. The topological polar surface area (TPSA) is 127 Å². The van der Waals surface area contributed by atoms with Crippen LogP contribution in [-0.2, 0) is 16.2 Å². The number of amides is 2. The molecule has 5 aliphatic rings. The number of para-hydroxylation sites is 1. The third-order valence-corrected chi connectivity index (χ3v) is 13.1. The summed E-state index contributed by atoms with van der Waals surface area (Å²) in [5.74, 6) is 1.15. The van der Waals surface area contributed by atoms with Gasteiger partial charge in [-0.15, -0.1) is 0 Å². The molecular formula is C41H61N5O6. The van der Waals surface area contributed by atoms with Crippen molar-refractivity contribution < 1.29 is 29.4 Å². The van der Waals surface area contributed by atoms with Gasteiger partial charge in [-0.25, -0.2) is 0 Å². The summed E-state index contributed by atoms with van der Waals surface area (Å²) < 4.78 is 6.07. The number of methoxy groups -OCH3 is 1. The van der Waals surface area contributed by atoms with Crippen LogP contribution < -0.4 is 20.3 Å². The molecule has 3 saturated carbocycles. The van der Waals surface area contributed by atoms with E-state index in [9.17, 15) is 19.8 Å². The minimum Gasteiger partial charge on any atom is -0.496 e. The molecule has 7 rings (SSSR count). The maximum atomic E-state index is 14.2. The zero-order chi connectivity index (χ0) is 37.5. The van der Waals surface area contributed by atoms with Gasteiger partial charge in [-0.1, -0.05) is 45.9 Å². The average molecular weight is 720 g/mol. The van der Waals surface area contributed by atoms with Gasteiger partial charge in [0.1, 0.15) is 17.9 Å². The normalized spacial score (nSPS) is 30.4. The molecule has 0 spiro atoms. The van der Waals surface area contributed by atoms with E-state index in [1.807, 2.05) is 55.4 Å². The van der Waals surface area contributed by atoms with Crippen LogP contribution in [0.1, 0.15) is 76.2 Å². The number of fused-ring (bicyclic) bond motifs is 2. The molecule has 2 bridgehead atoms. The third-order valence-electron chi connectivity index (χ3n) is 13.1. The summed E-state index contributed by atoms with van der Waals surface area (Å²) in [6, 6.07) is 11.3. The molecule has 11 nitrogen and oxygen atoms in total. The van der Waals surface area contributed by atoms with Crippen molar-refractivity contribution in [3.63, 3.8) is 0 Å². The lowest BCUT2D eigenvalue weighted by Crippen LogP contribution is -2.62. The van der Waals surface area contributed by atoms with Crippen LogP contribution >= 0.6 is 0 Å². The zero-order valence-electron chi connectivity index (χ0n) is 32.4. The number of nitrogens with one attached hydrogen (secondary N) is 2. The van der Waals surface area contributed by atoms with Gasteiger partial charge in [0.15, 0.2) is 0 Å². The quantitative estimate of drug-likeness (QED) is 0.240. The molecule has 0 unspecified atom stereocenters. The van der Waals surface area contributed by atoms with Gasteiger partial charge >= 0.3 is 0 Å². The molecule has 0 radical (unpaired) electrons. The fourth-order valence-electron chi connectivity index (χ4n) is 9.84. The smallest absolute Gasteiger partial charge is 0.251 e. The first-order valence-corrected chi connectivity index (χ1v) is 19.3. The molecule has 2 amide bonds. The Labute approximate surface area is 310 Å². The highest BCUT2D eigenvalue weighted by molar-refractivity contribution is 5.97. The van der Waals surface area contributed by atoms with Gasteiger partial charge in [0.2, 0.25) is 5.91 Å². The highest BCUT2D eigenvalue weighted by Gasteiger charge is 2.57. The molecule has 5 fully saturated rings. The number of aliphatic hydroxyl groups is 2. The van der Waals surface area contributed by atoms with E-state index in [0.29, 0.717) is 41.7 Å². The fourth-order valence-corrected chi connectivity index (χ4v) is 9.84. The molecule has 9 atom stereocenters. The Balaban J connectivity index is 1.27. The summed E-state index contributed by atoms with van der Waals surface area (Å²) in [6.45, 7) is 13.3. The number of hydrogen-bond donors (Lipinski definition) is 4. The largest absolute Gasteiger partial charge is 0.496 e. The Kier molecular flexibility index (Phi) is 11.6. The number of nitrogens with zero attached hydrogens (tertiary/aromatic N) is 3. The molecule has 4 N–H and O–H groups in total. The maximum Gasteiger partial charge on any atom is 0.251 e. The monoisotopic (exact) mass is 719 g/mol. The number of hydroxylamine groups is 2. The number of aliphatic hydroxyl groups excluding tert-OH is 2. The molecule has 3 aliphatic carbocycles. The molecule has 0 aromatic heterocycles. The van der Waals surface area contributed by atoms with E-state index in [4.69, 9.17) is 9.57 Å². The van der Waals surface area contributed by atoms with Crippen molar-refractivity contribution in [3.05, 3.63) is 47.5 Å². The van der Waals surface area contributed by atoms with Crippen molar-refractivity contribution >= 4 is 17.5 Å². The Morgan fingerprint density at radius 2 is 1.94 bits per heavy atom. The van der Waals surface area contributed by atoms with E-state index in [2.05, 4.69) is 43.2 Å². The molecule has 2 aromatic rings. The van der Waals surface area contributed by atoms with E-state index >= 15 is 0 Å². The molecule has 52 heavy (non-hydrogen) atoms. The van der Waals surface area contributed by atoms with Gasteiger partial charge < -0.3 is 30.5 Å². The van der Waals surface area contributed by atoms with Crippen LogP contribution in [0.4, 0.5) is 5.69 Å². The second-order valence-corrected chi connectivity index (χ2v) is 16.5. The summed E-state index contributed by atoms with van der Waals surface area (Å²) in [5, 5.41) is 29.4. The number of rotatable bonds is 13. The van der Waals surface area contributed by atoms with Gasteiger partial charge in [0.25, 0.3) is 5.91 Å². The van der Waals surface area contributed by atoms with Crippen LogP contribution in [0.15, 0.2) is 36.4 Å². The zero-order valence-corrected chi connectivity index (χ0v) is 32.4. The van der Waals surface area contributed by atoms with Crippen molar-refractivity contribution in [3.8, 4) is 16.9 Å². The number of carbonyl (C=O) groups is 2. The molecule has 286 valence electrons. The van der Waals surface area contributed by atoms with E-state index in [0.717, 1.165) is 54.7 Å². The highest BCUT2D eigenvalue weighted by Crippen LogP contribution is 2.61. The fraction of sp³-hybridized carbons (Fsp3) is 0.659. The number of benzene rings is 2. The van der Waals surface area contributed by atoms with Gasteiger partial charge in [0, 0.05) is 61.0 Å². The summed E-state index contributed by atoms with van der Waals surface area (Å²) in [4.78, 5) is 38.5. The van der Waals surface area contributed by atoms with Crippen LogP contribution in [0.2, 0.25) is 0 Å². The van der Waals surface area contributed by atoms with Gasteiger partial charge in [-0.2, -0.15) is 5.06 Å². The van der Waals surface area contributed by atoms with Crippen molar-refractivity contribution in [1.82, 2.24) is 20.6 Å². The van der Waals surface area contributed by atoms with Crippen LogP contribution in [0.5, 0.6) is 5.75 Å². The summed E-state index contributed by atoms with van der Waals surface area (Å²) >= 11 is 0. The van der Waals surface area contributed by atoms with Crippen LogP contribution in [-0.4, -0.2) is 110 Å². The number of anilines is 1. The molecule has 11 heteroatoms. The lowest BCUT2D eigenvalue weighted by Gasteiger charge is -2.62. The minimum absolute atomic E-state index is 0.0472. The van der Waals surface area contributed by atoms with Crippen molar-refractivity contribution in [2.24, 2.45) is 29.1 Å². The van der Waals surface area contributed by atoms with Crippen molar-refractivity contribution in [2.45, 2.75) is 97.2 Å². The lowest BCUT2D eigenvalue weighted by molar-refractivity contribution is -0.183. The first-order chi connectivity index (χ1) is 24.8. The molecular weight excluding hydrogens is 658 g/mol.